The van der Waals surface area contributed by atoms with Crippen LogP contribution in [-0.2, 0) is 0 Å². The van der Waals surface area contributed by atoms with Crippen molar-refractivity contribution in [3.8, 4) is 55.6 Å². The minimum Gasteiger partial charge on any atom is -0.455 e. The highest BCUT2D eigenvalue weighted by Gasteiger charge is 2.21. The topological polar surface area (TPSA) is 16.4 Å². The molecule has 0 fully saturated rings. The van der Waals surface area contributed by atoms with Gasteiger partial charge in [-0.3, -0.25) is 0 Å². The minimum absolute atomic E-state index is 0.906. The molecule has 0 spiro atoms. The summed E-state index contributed by atoms with van der Waals surface area (Å²) in [6.45, 7) is 0. The van der Waals surface area contributed by atoms with Crippen LogP contribution in [0.1, 0.15) is 0 Å². The Labute approximate surface area is 372 Å². The second-order valence-corrected chi connectivity index (χ2v) is 16.4. The van der Waals surface area contributed by atoms with Gasteiger partial charge in [-0.15, -0.1) is 0 Å². The van der Waals surface area contributed by atoms with E-state index in [2.05, 4.69) is 254 Å². The summed E-state index contributed by atoms with van der Waals surface area (Å²) in [5.74, 6) is 0. The predicted molar refractivity (Wildman–Crippen MR) is 271 cm³/mol. The van der Waals surface area contributed by atoms with Crippen LogP contribution in [0.25, 0.3) is 99.1 Å². The van der Waals surface area contributed by atoms with Gasteiger partial charge in [0.15, 0.2) is 0 Å². The number of rotatable bonds is 8. The molecule has 64 heavy (non-hydrogen) atoms. The Morgan fingerprint density at radius 1 is 0.234 bits per heavy atom. The van der Waals surface area contributed by atoms with Crippen molar-refractivity contribution in [2.24, 2.45) is 0 Å². The van der Waals surface area contributed by atoms with Crippen LogP contribution in [0.2, 0.25) is 0 Å². The molecule has 1 heterocycles. The Morgan fingerprint density at radius 3 is 1.08 bits per heavy atom. The van der Waals surface area contributed by atoms with Crippen LogP contribution >= 0.6 is 0 Å². The van der Waals surface area contributed by atoms with Crippen molar-refractivity contribution in [1.29, 1.82) is 0 Å². The predicted octanol–water partition coefficient (Wildman–Crippen LogP) is 17.7. The standard InChI is InChI=1S/C62H41NO/c1-4-14-42(15-5-1)45-28-34-50(35-29-45)63(51-36-30-46(31-37-51)43-16-6-2-7-17-43)52-38-32-47(33-39-52)44-24-26-49(27-25-44)59-53(48-18-8-3-9-19-48)40-41-58-60-56-22-12-10-20-54(56)55-21-11-13-23-57(55)61(60)64-62(58)59/h1-41H. The van der Waals surface area contributed by atoms with Crippen molar-refractivity contribution in [2.75, 3.05) is 4.90 Å². The molecule has 300 valence electrons. The summed E-state index contributed by atoms with van der Waals surface area (Å²) in [6, 6.07) is 89.3. The normalized spacial score (nSPS) is 11.4. The first-order valence-corrected chi connectivity index (χ1v) is 21.9. The monoisotopic (exact) mass is 815 g/mol. The number of benzene rings is 11. The zero-order valence-electron chi connectivity index (χ0n) is 35.0. The van der Waals surface area contributed by atoms with Gasteiger partial charge in [-0.1, -0.05) is 206 Å². The van der Waals surface area contributed by atoms with E-state index in [9.17, 15) is 0 Å². The highest BCUT2D eigenvalue weighted by Crippen LogP contribution is 2.47. The maximum atomic E-state index is 7.10. The maximum Gasteiger partial charge on any atom is 0.143 e. The smallest absolute Gasteiger partial charge is 0.143 e. The Hall–Kier alpha value is -8.46. The van der Waals surface area contributed by atoms with Gasteiger partial charge in [0.2, 0.25) is 0 Å². The third-order valence-electron chi connectivity index (χ3n) is 12.7. The molecule has 2 heteroatoms. The molecule has 0 bridgehead atoms. The third kappa shape index (κ3) is 6.52. The minimum atomic E-state index is 0.906. The number of nitrogens with zero attached hydrogens (tertiary/aromatic N) is 1. The number of hydrogen-bond donors (Lipinski definition) is 0. The molecular weight excluding hydrogens is 775 g/mol. The lowest BCUT2D eigenvalue weighted by Gasteiger charge is -2.26. The summed E-state index contributed by atoms with van der Waals surface area (Å²) in [5.41, 5.74) is 16.7. The van der Waals surface area contributed by atoms with E-state index >= 15 is 0 Å². The zero-order chi connectivity index (χ0) is 42.4. The fourth-order valence-corrected chi connectivity index (χ4v) is 9.56. The average Bonchev–Trinajstić information content (AvgIpc) is 3.78. The Morgan fingerprint density at radius 2 is 0.594 bits per heavy atom. The lowest BCUT2D eigenvalue weighted by atomic mass is 9.90. The molecule has 12 rings (SSSR count). The van der Waals surface area contributed by atoms with Crippen molar-refractivity contribution >= 4 is 60.5 Å². The van der Waals surface area contributed by atoms with Crippen molar-refractivity contribution in [2.45, 2.75) is 0 Å². The lowest BCUT2D eigenvalue weighted by Crippen LogP contribution is -2.09. The highest BCUT2D eigenvalue weighted by molar-refractivity contribution is 6.31. The summed E-state index contributed by atoms with van der Waals surface area (Å²) in [5, 5.41) is 7.07. The number of furan rings is 1. The van der Waals surface area contributed by atoms with Crippen LogP contribution in [-0.4, -0.2) is 0 Å². The van der Waals surface area contributed by atoms with Gasteiger partial charge >= 0.3 is 0 Å². The molecule has 12 aromatic rings. The fraction of sp³-hybridized carbons (Fsp3) is 0. The van der Waals surface area contributed by atoms with Crippen LogP contribution < -0.4 is 4.90 Å². The first kappa shape index (κ1) is 37.3. The van der Waals surface area contributed by atoms with E-state index in [0.717, 1.165) is 77.8 Å². The fourth-order valence-electron chi connectivity index (χ4n) is 9.56. The van der Waals surface area contributed by atoms with E-state index in [1.807, 2.05) is 0 Å². The molecule has 0 saturated carbocycles. The summed E-state index contributed by atoms with van der Waals surface area (Å²) in [6.07, 6.45) is 0. The van der Waals surface area contributed by atoms with E-state index in [1.165, 1.54) is 38.4 Å². The van der Waals surface area contributed by atoms with Gasteiger partial charge in [-0.2, -0.15) is 0 Å². The number of fused-ring (bicyclic) bond motifs is 8. The van der Waals surface area contributed by atoms with Crippen LogP contribution in [0, 0.1) is 0 Å². The van der Waals surface area contributed by atoms with Gasteiger partial charge in [-0.25, -0.2) is 0 Å². The first-order valence-electron chi connectivity index (χ1n) is 21.9. The first-order chi connectivity index (χ1) is 31.7. The number of hydrogen-bond acceptors (Lipinski definition) is 2. The van der Waals surface area contributed by atoms with E-state index in [4.69, 9.17) is 4.42 Å². The van der Waals surface area contributed by atoms with E-state index < -0.39 is 0 Å². The van der Waals surface area contributed by atoms with Crippen LogP contribution in [0.4, 0.5) is 17.1 Å². The van der Waals surface area contributed by atoms with Crippen LogP contribution in [0.15, 0.2) is 253 Å². The zero-order valence-corrected chi connectivity index (χ0v) is 35.0. The quantitative estimate of drug-likeness (QED) is 0.142. The molecule has 0 radical (unpaired) electrons. The Balaban J connectivity index is 0.936. The summed E-state index contributed by atoms with van der Waals surface area (Å²) in [4.78, 5) is 2.34. The SMILES string of the molecule is c1ccc(-c2ccc(N(c3ccc(-c4ccccc4)cc3)c3ccc(-c4ccc(-c5c(-c6ccccc6)ccc6c5oc5c7ccccc7c7ccccc7c65)cc4)cc3)cc2)cc1. The van der Waals surface area contributed by atoms with Crippen molar-refractivity contribution < 1.29 is 4.42 Å². The maximum absolute atomic E-state index is 7.10. The molecule has 2 nitrogen and oxygen atoms in total. The number of anilines is 3. The molecule has 0 aliphatic rings. The van der Waals surface area contributed by atoms with Gasteiger partial charge < -0.3 is 9.32 Å². The van der Waals surface area contributed by atoms with Gasteiger partial charge in [-0.05, 0) is 109 Å². The molecule has 0 amide bonds. The second kappa shape index (κ2) is 15.8. The van der Waals surface area contributed by atoms with Crippen molar-refractivity contribution in [1.82, 2.24) is 0 Å². The molecule has 0 atom stereocenters. The van der Waals surface area contributed by atoms with Crippen molar-refractivity contribution in [3.05, 3.63) is 249 Å². The third-order valence-corrected chi connectivity index (χ3v) is 12.7. The van der Waals surface area contributed by atoms with E-state index in [1.54, 1.807) is 0 Å². The second-order valence-electron chi connectivity index (χ2n) is 16.4. The van der Waals surface area contributed by atoms with Gasteiger partial charge in [0.05, 0.1) is 0 Å². The van der Waals surface area contributed by atoms with Gasteiger partial charge in [0.25, 0.3) is 0 Å². The highest BCUT2D eigenvalue weighted by atomic mass is 16.3. The summed E-state index contributed by atoms with van der Waals surface area (Å²) >= 11 is 0. The van der Waals surface area contributed by atoms with Gasteiger partial charge in [0.1, 0.15) is 11.2 Å². The largest absolute Gasteiger partial charge is 0.455 e. The van der Waals surface area contributed by atoms with E-state index in [0.29, 0.717) is 0 Å². The molecule has 0 unspecified atom stereocenters. The van der Waals surface area contributed by atoms with Gasteiger partial charge in [0, 0.05) is 38.8 Å². The van der Waals surface area contributed by atoms with Crippen LogP contribution in [0.5, 0.6) is 0 Å². The molecule has 0 saturated heterocycles. The average molecular weight is 816 g/mol. The summed E-state index contributed by atoms with van der Waals surface area (Å²) in [7, 11) is 0. The molecule has 0 aliphatic carbocycles. The Bertz CT molecular complexity index is 3510. The van der Waals surface area contributed by atoms with E-state index in [-0.39, 0.29) is 0 Å². The Kier molecular flexibility index (Phi) is 9.20. The molecule has 0 aliphatic heterocycles. The molecule has 0 N–H and O–H groups in total. The van der Waals surface area contributed by atoms with Crippen LogP contribution in [0.3, 0.4) is 0 Å². The summed E-state index contributed by atoms with van der Waals surface area (Å²) < 4.78 is 7.10. The lowest BCUT2D eigenvalue weighted by molar-refractivity contribution is 0.674. The molecular formula is C62H41NO. The van der Waals surface area contributed by atoms with Crippen molar-refractivity contribution in [3.63, 3.8) is 0 Å². The molecule has 1 aromatic heterocycles. The molecule has 11 aromatic carbocycles.